The Morgan fingerprint density at radius 2 is 1.80 bits per heavy atom. The van der Waals surface area contributed by atoms with Gasteiger partial charge in [0.25, 0.3) is 0 Å². The van der Waals surface area contributed by atoms with Crippen LogP contribution in [0.3, 0.4) is 0 Å². The van der Waals surface area contributed by atoms with E-state index < -0.39 is 65.2 Å². The number of aromatic nitrogens is 2. The van der Waals surface area contributed by atoms with Gasteiger partial charge in [0.2, 0.25) is 10.0 Å². The summed E-state index contributed by atoms with van der Waals surface area (Å²) in [6.07, 6.45) is -1.38. The lowest BCUT2D eigenvalue weighted by Gasteiger charge is -2.31. The molecule has 0 saturated carbocycles. The van der Waals surface area contributed by atoms with Gasteiger partial charge in [-0.2, -0.15) is 22.6 Å². The van der Waals surface area contributed by atoms with Crippen LogP contribution in [0, 0.1) is 6.92 Å². The van der Waals surface area contributed by atoms with Gasteiger partial charge in [0.15, 0.2) is 9.84 Å². The van der Waals surface area contributed by atoms with Gasteiger partial charge in [-0.05, 0) is 49.9 Å². The average Bonchev–Trinajstić information content (AvgIpc) is 3.31. The van der Waals surface area contributed by atoms with Gasteiger partial charge in [-0.1, -0.05) is 35.9 Å². The number of alkyl halides is 3. The number of hydrogen-bond acceptors (Lipinski definition) is 6. The number of benzene rings is 2. The Labute approximate surface area is 235 Å². The first-order valence-corrected chi connectivity index (χ1v) is 15.5. The highest BCUT2D eigenvalue weighted by atomic mass is 32.2. The van der Waals surface area contributed by atoms with Gasteiger partial charge < -0.3 is 5.11 Å². The van der Waals surface area contributed by atoms with Gasteiger partial charge in [-0.3, -0.25) is 9.48 Å². The molecule has 0 aliphatic heterocycles. The van der Waals surface area contributed by atoms with Gasteiger partial charge in [-0.25, -0.2) is 16.8 Å². The van der Waals surface area contributed by atoms with Crippen molar-refractivity contribution in [2.45, 2.75) is 60.0 Å². The highest BCUT2D eigenvalue weighted by Crippen LogP contribution is 2.40. The second-order valence-electron chi connectivity index (χ2n) is 9.83. The number of halogens is 3. The SMILES string of the molecule is C=CC(c1ccc(C)cc1)S(=O)(=O)c1cc(C(F)(F)F)cc(S(=O)(=O)N(C)C2CCCc3c2cnn3CC(=O)O)c1. The molecule has 1 N–H and O–H groups in total. The Hall–Kier alpha value is -3.49. The lowest BCUT2D eigenvalue weighted by Crippen LogP contribution is -2.34. The number of nitrogens with zero attached hydrogens (tertiary/aromatic N) is 3. The summed E-state index contributed by atoms with van der Waals surface area (Å²) in [4.78, 5) is 9.54. The monoisotopic (exact) mass is 611 g/mol. The number of sulfonamides is 1. The topological polar surface area (TPSA) is 127 Å². The number of hydrogen-bond donors (Lipinski definition) is 1. The number of carboxylic acid groups (broad SMARTS) is 1. The van der Waals surface area contributed by atoms with Crippen LogP contribution in [0.15, 0.2) is 71.1 Å². The molecule has 2 aromatic carbocycles. The minimum Gasteiger partial charge on any atom is -0.480 e. The zero-order valence-electron chi connectivity index (χ0n) is 22.2. The second kappa shape index (κ2) is 11.1. The third kappa shape index (κ3) is 5.95. The molecular weight excluding hydrogens is 583 g/mol. The van der Waals surface area contributed by atoms with Crippen LogP contribution in [-0.4, -0.2) is 49.0 Å². The van der Waals surface area contributed by atoms with Gasteiger partial charge >= 0.3 is 12.1 Å². The highest BCUT2D eigenvalue weighted by Gasteiger charge is 2.39. The molecule has 3 aromatic rings. The van der Waals surface area contributed by atoms with Gasteiger partial charge in [0, 0.05) is 18.3 Å². The van der Waals surface area contributed by atoms with Crippen LogP contribution < -0.4 is 0 Å². The molecule has 1 aromatic heterocycles. The summed E-state index contributed by atoms with van der Waals surface area (Å²) < 4.78 is 98.8. The van der Waals surface area contributed by atoms with Gasteiger partial charge in [0.1, 0.15) is 11.8 Å². The first-order valence-electron chi connectivity index (χ1n) is 12.5. The molecule has 41 heavy (non-hydrogen) atoms. The van der Waals surface area contributed by atoms with E-state index in [1.165, 1.54) is 30.1 Å². The number of sulfone groups is 1. The largest absolute Gasteiger partial charge is 0.480 e. The molecule has 1 aliphatic rings. The molecule has 14 heteroatoms. The van der Waals surface area contributed by atoms with E-state index in [0.29, 0.717) is 42.7 Å². The lowest BCUT2D eigenvalue weighted by molar-refractivity contribution is -0.138. The Kier molecular flexibility index (Phi) is 8.22. The molecule has 4 rings (SSSR count). The van der Waals surface area contributed by atoms with Crippen molar-refractivity contribution in [2.75, 3.05) is 7.05 Å². The maximum Gasteiger partial charge on any atom is 0.416 e. The summed E-state index contributed by atoms with van der Waals surface area (Å²) in [6.45, 7) is 4.91. The summed E-state index contributed by atoms with van der Waals surface area (Å²) in [7, 11) is -8.04. The van der Waals surface area contributed by atoms with Crippen LogP contribution >= 0.6 is 0 Å². The fourth-order valence-corrected chi connectivity index (χ4v) is 8.12. The number of fused-ring (bicyclic) bond motifs is 1. The van der Waals surface area contributed by atoms with E-state index in [1.807, 2.05) is 0 Å². The molecule has 0 radical (unpaired) electrons. The Morgan fingerprint density at radius 3 is 2.39 bits per heavy atom. The molecule has 0 fully saturated rings. The first-order chi connectivity index (χ1) is 19.1. The van der Waals surface area contributed by atoms with Crippen molar-refractivity contribution < 1.29 is 39.9 Å². The van der Waals surface area contributed by atoms with E-state index in [1.54, 1.807) is 19.1 Å². The number of rotatable bonds is 9. The van der Waals surface area contributed by atoms with Crippen molar-refractivity contribution in [1.29, 1.82) is 0 Å². The van der Waals surface area contributed by atoms with Crippen LogP contribution in [0.25, 0.3) is 0 Å². The zero-order chi connectivity index (χ0) is 30.3. The van der Waals surface area contributed by atoms with Crippen LogP contribution in [0.2, 0.25) is 0 Å². The van der Waals surface area contributed by atoms with E-state index >= 15 is 0 Å². The summed E-state index contributed by atoms with van der Waals surface area (Å²) >= 11 is 0. The zero-order valence-corrected chi connectivity index (χ0v) is 23.8. The predicted octanol–water partition coefficient (Wildman–Crippen LogP) is 4.69. The molecule has 2 atom stereocenters. The fourth-order valence-electron chi connectivity index (χ4n) is 4.96. The van der Waals surface area contributed by atoms with Gasteiger partial charge in [-0.15, -0.1) is 6.58 Å². The summed E-state index contributed by atoms with van der Waals surface area (Å²) in [6, 6.07) is 7.05. The summed E-state index contributed by atoms with van der Waals surface area (Å²) in [5, 5.41) is 11.8. The van der Waals surface area contributed by atoms with E-state index in [4.69, 9.17) is 5.11 Å². The molecule has 9 nitrogen and oxygen atoms in total. The second-order valence-corrected chi connectivity index (χ2v) is 13.9. The van der Waals surface area contributed by atoms with Crippen molar-refractivity contribution in [3.05, 3.63) is 89.3 Å². The highest BCUT2D eigenvalue weighted by molar-refractivity contribution is 7.92. The number of carbonyl (C=O) groups is 1. The van der Waals surface area contributed by atoms with Crippen molar-refractivity contribution in [2.24, 2.45) is 0 Å². The standard InChI is InChI=1S/C27H28F3N3O6S2/c1-4-25(18-10-8-17(2)9-11-18)40(36,37)20-12-19(27(28,29)30)13-21(14-20)41(38,39)32(3)23-6-5-7-24-22(23)15-31-33(24)16-26(34)35/h4,8-15,23,25H,1,5-7,16H2,2-3H3,(H,34,35). The molecule has 0 bridgehead atoms. The molecule has 2 unspecified atom stereocenters. The van der Waals surface area contributed by atoms with E-state index in [0.717, 1.165) is 22.0 Å². The van der Waals surface area contributed by atoms with Crippen LogP contribution in [0.4, 0.5) is 13.2 Å². The third-order valence-electron chi connectivity index (χ3n) is 7.12. The molecule has 1 aliphatic carbocycles. The molecule has 0 saturated heterocycles. The Bertz CT molecular complexity index is 1700. The quantitative estimate of drug-likeness (QED) is 0.348. The van der Waals surface area contributed by atoms with E-state index in [-0.39, 0.29) is 5.56 Å². The maximum absolute atomic E-state index is 14.0. The van der Waals surface area contributed by atoms with Crippen LogP contribution in [0.5, 0.6) is 0 Å². The number of aliphatic carboxylic acids is 1. The molecule has 0 amide bonds. The van der Waals surface area contributed by atoms with Crippen molar-refractivity contribution in [3.8, 4) is 0 Å². The average molecular weight is 612 g/mol. The number of aryl methyl sites for hydroxylation is 1. The first kappa shape index (κ1) is 30.5. The van der Waals surface area contributed by atoms with E-state index in [9.17, 15) is 34.8 Å². The predicted molar refractivity (Wildman–Crippen MR) is 143 cm³/mol. The van der Waals surface area contributed by atoms with Crippen LogP contribution in [0.1, 0.15) is 52.1 Å². The minimum absolute atomic E-state index is 0.262. The Morgan fingerprint density at radius 1 is 1.17 bits per heavy atom. The fraction of sp³-hybridized carbons (Fsp3) is 0.333. The third-order valence-corrected chi connectivity index (χ3v) is 11.0. The molecule has 220 valence electrons. The smallest absolute Gasteiger partial charge is 0.416 e. The number of carboxylic acids is 1. The molecular formula is C27H28F3N3O6S2. The van der Waals surface area contributed by atoms with Crippen molar-refractivity contribution in [3.63, 3.8) is 0 Å². The normalized spacial score (nSPS) is 16.8. The molecule has 0 spiro atoms. The van der Waals surface area contributed by atoms with Crippen molar-refractivity contribution >= 4 is 25.8 Å². The molecule has 1 heterocycles. The lowest BCUT2D eigenvalue weighted by atomic mass is 9.93. The van der Waals surface area contributed by atoms with Crippen molar-refractivity contribution in [1.82, 2.24) is 14.1 Å². The van der Waals surface area contributed by atoms with Gasteiger partial charge in [0.05, 0.1) is 27.6 Å². The minimum atomic E-state index is -5.04. The maximum atomic E-state index is 14.0. The van der Waals surface area contributed by atoms with Crippen LogP contribution in [-0.2, 0) is 43.8 Å². The summed E-state index contributed by atoms with van der Waals surface area (Å²) in [5.74, 6) is -1.14. The Balaban J connectivity index is 1.81. The van der Waals surface area contributed by atoms with E-state index in [2.05, 4.69) is 11.7 Å². The summed E-state index contributed by atoms with van der Waals surface area (Å²) in [5.41, 5.74) is 0.622.